The second kappa shape index (κ2) is 10.7. The number of para-hydroxylation sites is 2. The molecule has 4 rings (SSSR count). The molecule has 1 atom stereocenters. The van der Waals surface area contributed by atoms with E-state index in [9.17, 15) is 14.4 Å². The molecule has 0 aliphatic heterocycles. The SMILES string of the molecule is O=C(N[C@@H](Cc1c[nH]c2ccccc12)C(=O)OCC(=O)c1ccc(Cl)cc1)Oc1ccccc1. The summed E-state index contributed by atoms with van der Waals surface area (Å²) >= 11 is 5.85. The Morgan fingerprint density at radius 1 is 0.912 bits per heavy atom. The highest BCUT2D eigenvalue weighted by Gasteiger charge is 2.26. The van der Waals surface area contributed by atoms with Gasteiger partial charge < -0.3 is 19.8 Å². The van der Waals surface area contributed by atoms with Crippen LogP contribution in [0.4, 0.5) is 4.79 Å². The molecule has 0 spiro atoms. The molecule has 8 heteroatoms. The molecule has 2 N–H and O–H groups in total. The van der Waals surface area contributed by atoms with Crippen LogP contribution in [-0.4, -0.2) is 35.5 Å². The molecular formula is C26H21ClN2O5. The Morgan fingerprint density at radius 2 is 1.62 bits per heavy atom. The van der Waals surface area contributed by atoms with E-state index in [4.69, 9.17) is 21.1 Å². The Balaban J connectivity index is 1.47. The van der Waals surface area contributed by atoms with Crippen molar-refractivity contribution in [3.63, 3.8) is 0 Å². The zero-order valence-electron chi connectivity index (χ0n) is 18.0. The lowest BCUT2D eigenvalue weighted by atomic mass is 10.1. The minimum absolute atomic E-state index is 0.141. The second-order valence-corrected chi connectivity index (χ2v) is 7.94. The van der Waals surface area contributed by atoms with E-state index < -0.39 is 24.7 Å². The van der Waals surface area contributed by atoms with Crippen LogP contribution in [0.3, 0.4) is 0 Å². The molecule has 0 aliphatic carbocycles. The number of aromatic amines is 1. The van der Waals surface area contributed by atoms with E-state index >= 15 is 0 Å². The molecule has 7 nitrogen and oxygen atoms in total. The van der Waals surface area contributed by atoms with Gasteiger partial charge in [0.15, 0.2) is 12.4 Å². The van der Waals surface area contributed by atoms with E-state index in [0.717, 1.165) is 16.5 Å². The third-order valence-corrected chi connectivity index (χ3v) is 5.39. The van der Waals surface area contributed by atoms with Gasteiger partial charge in [-0.3, -0.25) is 4.79 Å². The zero-order valence-corrected chi connectivity index (χ0v) is 18.7. The van der Waals surface area contributed by atoms with Crippen LogP contribution in [0.1, 0.15) is 15.9 Å². The summed E-state index contributed by atoms with van der Waals surface area (Å²) in [6.07, 6.45) is 1.10. The minimum atomic E-state index is -1.08. The first kappa shape index (κ1) is 23.1. The van der Waals surface area contributed by atoms with E-state index in [1.807, 2.05) is 24.3 Å². The fraction of sp³-hybridized carbons (Fsp3) is 0.115. The summed E-state index contributed by atoms with van der Waals surface area (Å²) in [5.41, 5.74) is 2.07. The van der Waals surface area contributed by atoms with E-state index in [1.54, 1.807) is 60.8 Å². The lowest BCUT2D eigenvalue weighted by Crippen LogP contribution is -2.45. The third-order valence-electron chi connectivity index (χ3n) is 5.14. The number of rotatable bonds is 8. The summed E-state index contributed by atoms with van der Waals surface area (Å²) in [7, 11) is 0. The maximum atomic E-state index is 12.9. The van der Waals surface area contributed by atoms with Crippen molar-refractivity contribution in [3.05, 3.63) is 101 Å². The van der Waals surface area contributed by atoms with Crippen LogP contribution in [0.15, 0.2) is 85.1 Å². The first-order valence-corrected chi connectivity index (χ1v) is 10.9. The van der Waals surface area contributed by atoms with E-state index in [2.05, 4.69) is 10.3 Å². The number of ketones is 1. The van der Waals surface area contributed by atoms with Crippen molar-refractivity contribution < 1.29 is 23.9 Å². The molecule has 4 aromatic rings. The van der Waals surface area contributed by atoms with Crippen LogP contribution in [0, 0.1) is 0 Å². The monoisotopic (exact) mass is 476 g/mol. The topological polar surface area (TPSA) is 97.5 Å². The summed E-state index contributed by atoms with van der Waals surface area (Å²) in [6, 6.07) is 21.3. The summed E-state index contributed by atoms with van der Waals surface area (Å²) in [5.74, 6) is -0.808. The Morgan fingerprint density at radius 3 is 2.38 bits per heavy atom. The normalized spacial score (nSPS) is 11.6. The summed E-state index contributed by atoms with van der Waals surface area (Å²) in [4.78, 5) is 40.9. The van der Waals surface area contributed by atoms with Gasteiger partial charge in [0.25, 0.3) is 0 Å². The number of benzene rings is 3. The molecular weight excluding hydrogens is 456 g/mol. The molecule has 0 saturated heterocycles. The first-order valence-electron chi connectivity index (χ1n) is 10.5. The number of H-pyrrole nitrogens is 1. The average Bonchev–Trinajstić information content (AvgIpc) is 3.26. The standard InChI is InChI=1S/C26H21ClN2O5/c27-19-12-10-17(11-13-19)24(30)16-33-25(31)23(29-26(32)34-20-6-2-1-3-7-20)14-18-15-28-22-9-5-4-8-21(18)22/h1-13,15,23,28H,14,16H2,(H,29,32)/t23-/m0/s1. The predicted molar refractivity (Wildman–Crippen MR) is 128 cm³/mol. The van der Waals surface area contributed by atoms with Crippen molar-refractivity contribution in [3.8, 4) is 5.75 Å². The van der Waals surface area contributed by atoms with E-state index in [-0.39, 0.29) is 12.2 Å². The zero-order chi connectivity index (χ0) is 23.9. The van der Waals surface area contributed by atoms with Crippen LogP contribution in [0.25, 0.3) is 10.9 Å². The van der Waals surface area contributed by atoms with Gasteiger partial charge in [0.2, 0.25) is 0 Å². The lowest BCUT2D eigenvalue weighted by molar-refractivity contribution is -0.144. The van der Waals surface area contributed by atoms with Crippen molar-refractivity contribution in [2.45, 2.75) is 12.5 Å². The molecule has 172 valence electrons. The second-order valence-electron chi connectivity index (χ2n) is 7.50. The third kappa shape index (κ3) is 5.82. The van der Waals surface area contributed by atoms with Crippen molar-refractivity contribution in [2.75, 3.05) is 6.61 Å². The van der Waals surface area contributed by atoms with Crippen molar-refractivity contribution in [2.24, 2.45) is 0 Å². The molecule has 0 fully saturated rings. The number of hydrogen-bond donors (Lipinski definition) is 2. The number of fused-ring (bicyclic) bond motifs is 1. The smallest absolute Gasteiger partial charge is 0.413 e. The summed E-state index contributed by atoms with van der Waals surface area (Å²) < 4.78 is 10.5. The minimum Gasteiger partial charge on any atom is -0.456 e. The number of aromatic nitrogens is 1. The van der Waals surface area contributed by atoms with Crippen molar-refractivity contribution in [1.82, 2.24) is 10.3 Å². The number of nitrogens with one attached hydrogen (secondary N) is 2. The van der Waals surface area contributed by atoms with Gasteiger partial charge >= 0.3 is 12.1 Å². The number of Topliss-reactive ketones (excluding diaryl/α,β-unsaturated/α-hetero) is 1. The van der Waals surface area contributed by atoms with Gasteiger partial charge in [-0.1, -0.05) is 48.0 Å². The number of carbonyl (C=O) groups is 3. The number of halogens is 1. The molecule has 1 amide bonds. The number of esters is 1. The molecule has 0 aliphatic rings. The van der Waals surface area contributed by atoms with Gasteiger partial charge in [0.05, 0.1) is 0 Å². The highest BCUT2D eigenvalue weighted by atomic mass is 35.5. The van der Waals surface area contributed by atoms with Crippen LogP contribution in [-0.2, 0) is 16.0 Å². The molecule has 3 aromatic carbocycles. The maximum Gasteiger partial charge on any atom is 0.413 e. The van der Waals surface area contributed by atoms with E-state index in [1.165, 1.54) is 0 Å². The van der Waals surface area contributed by atoms with Gasteiger partial charge in [-0.05, 0) is 48.0 Å². The summed E-state index contributed by atoms with van der Waals surface area (Å²) in [6.45, 7) is -0.472. The van der Waals surface area contributed by atoms with Crippen LogP contribution in [0.2, 0.25) is 5.02 Å². The van der Waals surface area contributed by atoms with Crippen LogP contribution >= 0.6 is 11.6 Å². The molecule has 1 heterocycles. The number of ether oxygens (including phenoxy) is 2. The van der Waals surface area contributed by atoms with Crippen molar-refractivity contribution in [1.29, 1.82) is 0 Å². The van der Waals surface area contributed by atoms with Gasteiger partial charge in [-0.2, -0.15) is 0 Å². The highest BCUT2D eigenvalue weighted by molar-refractivity contribution is 6.30. The number of amides is 1. The predicted octanol–water partition coefficient (Wildman–Crippen LogP) is 4.95. The van der Waals surface area contributed by atoms with Gasteiger partial charge in [-0.15, -0.1) is 0 Å². The van der Waals surface area contributed by atoms with Gasteiger partial charge in [-0.25, -0.2) is 9.59 Å². The summed E-state index contributed by atoms with van der Waals surface area (Å²) in [5, 5.41) is 3.97. The van der Waals surface area contributed by atoms with Crippen molar-refractivity contribution >= 4 is 40.3 Å². The van der Waals surface area contributed by atoms with E-state index in [0.29, 0.717) is 16.3 Å². The largest absolute Gasteiger partial charge is 0.456 e. The van der Waals surface area contributed by atoms with Crippen LogP contribution < -0.4 is 10.1 Å². The van der Waals surface area contributed by atoms with Gasteiger partial charge in [0, 0.05) is 34.1 Å². The molecule has 0 bridgehead atoms. The number of carbonyl (C=O) groups excluding carboxylic acids is 3. The van der Waals surface area contributed by atoms with Crippen LogP contribution in [0.5, 0.6) is 5.75 Å². The Labute approximate surface area is 200 Å². The molecule has 0 radical (unpaired) electrons. The maximum absolute atomic E-state index is 12.9. The molecule has 0 saturated carbocycles. The Bertz CT molecular complexity index is 1300. The Kier molecular flexibility index (Phi) is 7.25. The lowest BCUT2D eigenvalue weighted by Gasteiger charge is -2.17. The highest BCUT2D eigenvalue weighted by Crippen LogP contribution is 2.20. The average molecular weight is 477 g/mol. The number of hydrogen-bond acceptors (Lipinski definition) is 5. The fourth-order valence-electron chi connectivity index (χ4n) is 3.44. The van der Waals surface area contributed by atoms with Gasteiger partial charge in [0.1, 0.15) is 11.8 Å². The molecule has 0 unspecified atom stereocenters. The molecule has 34 heavy (non-hydrogen) atoms. The fourth-order valence-corrected chi connectivity index (χ4v) is 3.56. The molecule has 1 aromatic heterocycles. The first-order chi connectivity index (χ1) is 16.5. The quantitative estimate of drug-likeness (QED) is 0.277. The Hall–Kier alpha value is -4.10.